The molecule has 1 aromatic carbocycles. The molecule has 5 N–H and O–H groups in total. The number of carbonyl (C=O) groups is 1. The summed E-state index contributed by atoms with van der Waals surface area (Å²) < 4.78 is 64.6. The van der Waals surface area contributed by atoms with Crippen molar-refractivity contribution in [3.05, 3.63) is 65.2 Å². The van der Waals surface area contributed by atoms with E-state index in [1.807, 2.05) is 0 Å². The van der Waals surface area contributed by atoms with Gasteiger partial charge in [0.2, 0.25) is 5.95 Å². The molecule has 0 bridgehead atoms. The number of aliphatic hydroxyl groups is 1. The molecule has 3 heterocycles. The molecule has 1 atom stereocenters. The van der Waals surface area contributed by atoms with E-state index in [1.54, 1.807) is 23.9 Å². The van der Waals surface area contributed by atoms with Gasteiger partial charge in [-0.05, 0) is 43.2 Å². The second-order valence-electron chi connectivity index (χ2n) is 9.43. The first-order valence-electron chi connectivity index (χ1n) is 13.3. The number of pyridine rings is 1. The topological polar surface area (TPSA) is 186 Å². The van der Waals surface area contributed by atoms with Gasteiger partial charge in [-0.15, -0.1) is 0 Å². The summed E-state index contributed by atoms with van der Waals surface area (Å²) >= 11 is 0. The summed E-state index contributed by atoms with van der Waals surface area (Å²) in [6, 6.07) is 7.53. The monoisotopic (exact) mass is 650 g/mol. The molecule has 1 unspecified atom stereocenters. The van der Waals surface area contributed by atoms with Gasteiger partial charge in [-0.25, -0.2) is 9.97 Å². The van der Waals surface area contributed by atoms with Gasteiger partial charge in [-0.3, -0.25) is 14.0 Å². The van der Waals surface area contributed by atoms with Gasteiger partial charge in [0, 0.05) is 38.2 Å². The summed E-state index contributed by atoms with van der Waals surface area (Å²) in [6.45, 7) is 2.03. The number of amides is 1. The van der Waals surface area contributed by atoms with E-state index in [4.69, 9.17) is 19.3 Å². The Bertz CT molecular complexity index is 1700. The molecule has 4 aromatic rings. The number of nitrogens with zero attached hydrogens (tertiary/aromatic N) is 5. The Morgan fingerprint density at radius 1 is 1.13 bits per heavy atom. The lowest BCUT2D eigenvalue weighted by Crippen LogP contribution is -2.21. The molecule has 0 spiro atoms. The van der Waals surface area contributed by atoms with Crippen molar-refractivity contribution in [1.29, 1.82) is 0 Å². The van der Waals surface area contributed by atoms with E-state index in [2.05, 4.69) is 36.0 Å². The minimum atomic E-state index is -4.85. The number of aliphatic hydroxyl groups excluding tert-OH is 1. The maximum Gasteiger partial charge on any atom is 0.421 e. The Labute approximate surface area is 255 Å². The number of carbonyl (C=O) groups excluding carboxylic acids is 1. The van der Waals surface area contributed by atoms with Gasteiger partial charge in [0.1, 0.15) is 17.1 Å². The van der Waals surface area contributed by atoms with Crippen LogP contribution in [0.3, 0.4) is 0 Å². The molecule has 0 aliphatic rings. The van der Waals surface area contributed by atoms with Crippen molar-refractivity contribution in [2.45, 2.75) is 32.7 Å². The summed E-state index contributed by atoms with van der Waals surface area (Å²) in [4.78, 5) is 34.0. The van der Waals surface area contributed by atoms with Crippen LogP contribution < -0.4 is 20.7 Å². The van der Waals surface area contributed by atoms with E-state index < -0.39 is 31.7 Å². The number of anilines is 4. The smallest absolute Gasteiger partial charge is 0.421 e. The predicted molar refractivity (Wildman–Crippen MR) is 158 cm³/mol. The van der Waals surface area contributed by atoms with E-state index in [0.29, 0.717) is 41.7 Å². The number of halogens is 3. The molecule has 4 rings (SSSR count). The third-order valence-corrected chi connectivity index (χ3v) is 6.72. The Kier molecular flexibility index (Phi) is 10.7. The molecular formula is C27H30F3N8O6P. The third-order valence-electron chi connectivity index (χ3n) is 6.33. The maximum absolute atomic E-state index is 14.0. The Balaban J connectivity index is 1.70. The number of ether oxygens (including phenoxy) is 1. The maximum atomic E-state index is 14.0. The fourth-order valence-corrected chi connectivity index (χ4v) is 4.47. The lowest BCUT2D eigenvalue weighted by Gasteiger charge is -2.17. The lowest BCUT2D eigenvalue weighted by molar-refractivity contribution is -0.137. The van der Waals surface area contributed by atoms with Crippen LogP contribution in [0.15, 0.2) is 42.7 Å². The van der Waals surface area contributed by atoms with E-state index in [0.717, 1.165) is 0 Å². The zero-order valence-corrected chi connectivity index (χ0v) is 25.3. The summed E-state index contributed by atoms with van der Waals surface area (Å²) in [5, 5.41) is 21.3. The highest BCUT2D eigenvalue weighted by Crippen LogP contribution is 2.37. The van der Waals surface area contributed by atoms with Gasteiger partial charge in [0.15, 0.2) is 5.69 Å². The van der Waals surface area contributed by atoms with Crippen LogP contribution in [0.2, 0.25) is 0 Å². The minimum Gasteiger partial charge on any atom is -0.495 e. The highest BCUT2D eigenvalue weighted by atomic mass is 31.1. The summed E-state index contributed by atoms with van der Waals surface area (Å²) in [6.07, 6.45) is -2.06. The molecule has 0 saturated carbocycles. The first kappa shape index (κ1) is 33.3. The van der Waals surface area contributed by atoms with E-state index in [1.165, 1.54) is 38.4 Å². The number of alkyl halides is 3. The van der Waals surface area contributed by atoms with E-state index >= 15 is 0 Å². The molecule has 0 fully saturated rings. The molecule has 0 aliphatic heterocycles. The van der Waals surface area contributed by atoms with Crippen LogP contribution in [0.25, 0.3) is 11.3 Å². The van der Waals surface area contributed by atoms with Gasteiger partial charge < -0.3 is 35.2 Å². The van der Waals surface area contributed by atoms with Gasteiger partial charge in [0.25, 0.3) is 5.91 Å². The molecule has 3 aromatic heterocycles. The molecule has 0 radical (unpaired) electrons. The number of nitrogens with one attached hydrogen (secondary N) is 3. The highest BCUT2D eigenvalue weighted by Gasteiger charge is 2.36. The summed E-state index contributed by atoms with van der Waals surface area (Å²) in [5.41, 5.74) is 0.926. The van der Waals surface area contributed by atoms with Crippen molar-refractivity contribution < 1.29 is 41.8 Å². The number of rotatable bonds is 13. The zero-order valence-electron chi connectivity index (χ0n) is 24.3. The van der Waals surface area contributed by atoms with Crippen LogP contribution in [0.4, 0.5) is 36.3 Å². The van der Waals surface area contributed by atoms with Crippen LogP contribution >= 0.6 is 8.25 Å². The zero-order chi connectivity index (χ0) is 32.7. The summed E-state index contributed by atoms with van der Waals surface area (Å²) in [5.74, 6) is -1.30. The molecule has 0 aliphatic carbocycles. The van der Waals surface area contributed by atoms with Crippen molar-refractivity contribution in [3.8, 4) is 17.0 Å². The van der Waals surface area contributed by atoms with Crippen molar-refractivity contribution in [3.63, 3.8) is 0 Å². The van der Waals surface area contributed by atoms with E-state index in [-0.39, 0.29) is 42.0 Å². The highest BCUT2D eigenvalue weighted by molar-refractivity contribution is 7.32. The van der Waals surface area contributed by atoms with Crippen LogP contribution in [0.5, 0.6) is 5.75 Å². The van der Waals surface area contributed by atoms with Crippen LogP contribution in [0.1, 0.15) is 33.7 Å². The Hall–Kier alpha value is -4.57. The fraction of sp³-hybridized carbons (Fsp3) is 0.296. The summed E-state index contributed by atoms with van der Waals surface area (Å²) in [7, 11) is -0.430. The minimum absolute atomic E-state index is 0.0146. The van der Waals surface area contributed by atoms with Crippen LogP contribution in [-0.4, -0.2) is 61.4 Å². The predicted octanol–water partition coefficient (Wildman–Crippen LogP) is 4.20. The average Bonchev–Trinajstić information content (AvgIpc) is 3.38. The Morgan fingerprint density at radius 3 is 2.56 bits per heavy atom. The number of aromatic nitrogens is 5. The fourth-order valence-electron chi connectivity index (χ4n) is 4.18. The second-order valence-corrected chi connectivity index (χ2v) is 10.3. The molecule has 240 valence electrons. The normalized spacial score (nSPS) is 12.1. The molecule has 0 saturated heterocycles. The number of benzene rings is 1. The van der Waals surface area contributed by atoms with Crippen molar-refractivity contribution in [2.75, 3.05) is 31.4 Å². The van der Waals surface area contributed by atoms with Gasteiger partial charge in [-0.1, -0.05) is 6.07 Å². The van der Waals surface area contributed by atoms with Gasteiger partial charge in [0.05, 0.1) is 36.5 Å². The first-order valence-corrected chi connectivity index (χ1v) is 14.6. The standard InChI is InChI=1S/C27H30F3N8O6P/c1-15-17(13-38(37-15)9-4-10-39)19-7-8-21(23(33-19)25(40)31-2)34-24-18(27(28,29)30)12-32-26(36-24)35-20-6-5-16(11-22(20)43-3)14-44-45(41)42/h5-8,11-13,39,45H,4,9-10,14H2,1-3H3,(H,31,40)(H,41,42)(H2,32,34,35,36). The lowest BCUT2D eigenvalue weighted by atomic mass is 10.1. The molecule has 1 amide bonds. The number of hydrogen-bond acceptors (Lipinski definition) is 11. The molecule has 45 heavy (non-hydrogen) atoms. The SMILES string of the molecule is CNC(=O)c1nc(-c2cn(CCCO)nc2C)ccc1Nc1nc(Nc2ccc(CO[PH](=O)O)cc2OC)ncc1C(F)(F)F. The van der Waals surface area contributed by atoms with Crippen LogP contribution in [0, 0.1) is 6.92 Å². The van der Waals surface area contributed by atoms with Gasteiger partial charge in [-0.2, -0.15) is 23.3 Å². The second kappa shape index (κ2) is 14.5. The molecule has 18 heteroatoms. The Morgan fingerprint density at radius 2 is 1.89 bits per heavy atom. The molecular weight excluding hydrogens is 620 g/mol. The first-order chi connectivity index (χ1) is 21.4. The quantitative estimate of drug-likeness (QED) is 0.130. The van der Waals surface area contributed by atoms with Gasteiger partial charge >= 0.3 is 14.4 Å². The number of aryl methyl sites for hydroxylation is 2. The van der Waals surface area contributed by atoms with Crippen LogP contribution in [-0.2, 0) is 28.4 Å². The molecule has 14 nitrogen and oxygen atoms in total. The van der Waals surface area contributed by atoms with E-state index in [9.17, 15) is 22.5 Å². The van der Waals surface area contributed by atoms with Crippen molar-refractivity contribution in [1.82, 2.24) is 30.0 Å². The van der Waals surface area contributed by atoms with Crippen molar-refractivity contribution >= 4 is 37.3 Å². The number of hydrogen-bond donors (Lipinski definition) is 5. The van der Waals surface area contributed by atoms with Crippen molar-refractivity contribution in [2.24, 2.45) is 0 Å². The number of methoxy groups -OCH3 is 1. The largest absolute Gasteiger partial charge is 0.495 e. The third kappa shape index (κ3) is 8.33. The average molecular weight is 651 g/mol.